The van der Waals surface area contributed by atoms with Gasteiger partial charge in [-0.2, -0.15) is 0 Å². The monoisotopic (exact) mass is 299 g/mol. The van der Waals surface area contributed by atoms with Gasteiger partial charge in [0.2, 0.25) is 5.91 Å². The highest BCUT2D eigenvalue weighted by molar-refractivity contribution is 7.14. The van der Waals surface area contributed by atoms with E-state index < -0.39 is 0 Å². The average Bonchev–Trinajstić information content (AvgIpc) is 2.86. The molecule has 1 aromatic rings. The fourth-order valence-corrected chi connectivity index (χ4v) is 2.87. The number of hydrogen-bond donors (Lipinski definition) is 2. The highest BCUT2D eigenvalue weighted by atomic mass is 32.1. The highest BCUT2D eigenvalue weighted by Gasteiger charge is 2.21. The van der Waals surface area contributed by atoms with Gasteiger partial charge >= 0.3 is 0 Å². The molecule has 0 aliphatic carbocycles. The van der Waals surface area contributed by atoms with Crippen LogP contribution in [0, 0.1) is 0 Å². The van der Waals surface area contributed by atoms with Crippen LogP contribution in [-0.2, 0) is 11.3 Å². The van der Waals surface area contributed by atoms with Crippen LogP contribution < -0.4 is 10.2 Å². The number of rotatable bonds is 8. The van der Waals surface area contributed by atoms with Crippen molar-refractivity contribution < 1.29 is 9.90 Å². The summed E-state index contributed by atoms with van der Waals surface area (Å²) in [6.07, 6.45) is 1.66. The van der Waals surface area contributed by atoms with Crippen molar-refractivity contribution >= 4 is 22.4 Å². The van der Waals surface area contributed by atoms with Crippen molar-refractivity contribution in [1.82, 2.24) is 10.3 Å². The van der Waals surface area contributed by atoms with Gasteiger partial charge in [-0.05, 0) is 26.7 Å². The minimum Gasteiger partial charge on any atom is -0.396 e. The molecule has 0 radical (unpaired) electrons. The van der Waals surface area contributed by atoms with Crippen molar-refractivity contribution in [3.63, 3.8) is 0 Å². The van der Waals surface area contributed by atoms with E-state index in [1.54, 1.807) is 11.8 Å². The third-order valence-electron chi connectivity index (χ3n) is 3.61. The van der Waals surface area contributed by atoms with Crippen molar-refractivity contribution in [1.29, 1.82) is 0 Å². The van der Waals surface area contributed by atoms with E-state index in [0.29, 0.717) is 13.1 Å². The molecule has 1 unspecified atom stereocenters. The van der Waals surface area contributed by atoms with Gasteiger partial charge in [-0.1, -0.05) is 6.92 Å². The summed E-state index contributed by atoms with van der Waals surface area (Å²) in [7, 11) is 0. The van der Waals surface area contributed by atoms with Gasteiger partial charge in [0.1, 0.15) is 0 Å². The van der Waals surface area contributed by atoms with Gasteiger partial charge in [0.15, 0.2) is 5.13 Å². The lowest BCUT2D eigenvalue weighted by atomic mass is 9.95. The number of amides is 1. The van der Waals surface area contributed by atoms with Gasteiger partial charge < -0.3 is 10.4 Å². The maximum atomic E-state index is 11.5. The third-order valence-corrected chi connectivity index (χ3v) is 4.52. The van der Waals surface area contributed by atoms with Crippen LogP contribution in [0.25, 0.3) is 0 Å². The molecule has 0 aliphatic heterocycles. The van der Waals surface area contributed by atoms with Crippen LogP contribution >= 0.6 is 11.3 Å². The van der Waals surface area contributed by atoms with Crippen LogP contribution in [0.5, 0.6) is 0 Å². The fourth-order valence-electron chi connectivity index (χ4n) is 1.93. The Hall–Kier alpha value is -0.980. The molecule has 0 saturated heterocycles. The minimum atomic E-state index is -0.0798. The smallest absolute Gasteiger partial charge is 0.225 e. The summed E-state index contributed by atoms with van der Waals surface area (Å²) >= 11 is 1.49. The van der Waals surface area contributed by atoms with Crippen molar-refractivity contribution in [3.8, 4) is 0 Å². The van der Waals surface area contributed by atoms with E-state index in [0.717, 1.165) is 23.7 Å². The Morgan fingerprint density at radius 1 is 1.55 bits per heavy atom. The Bertz CT molecular complexity index is 436. The molecule has 5 nitrogen and oxygen atoms in total. The Kier molecular flexibility index (Phi) is 6.58. The van der Waals surface area contributed by atoms with Crippen LogP contribution in [0.1, 0.15) is 46.2 Å². The zero-order valence-corrected chi connectivity index (χ0v) is 13.6. The molecule has 6 heteroatoms. The second-order valence-corrected chi connectivity index (χ2v) is 5.96. The van der Waals surface area contributed by atoms with Crippen molar-refractivity contribution in [3.05, 3.63) is 11.1 Å². The van der Waals surface area contributed by atoms with Crippen LogP contribution in [0.3, 0.4) is 0 Å². The molecule has 0 bridgehead atoms. The topological polar surface area (TPSA) is 65.5 Å². The molecule has 1 heterocycles. The van der Waals surface area contributed by atoms with Gasteiger partial charge in [0, 0.05) is 37.5 Å². The highest BCUT2D eigenvalue weighted by Crippen LogP contribution is 2.21. The van der Waals surface area contributed by atoms with Crippen molar-refractivity contribution in [2.75, 3.05) is 18.1 Å². The second-order valence-electron chi connectivity index (χ2n) is 5.13. The van der Waals surface area contributed by atoms with Crippen molar-refractivity contribution in [2.45, 2.75) is 52.6 Å². The molecule has 0 aromatic carbocycles. The quantitative estimate of drug-likeness (QED) is 0.772. The van der Waals surface area contributed by atoms with E-state index in [2.05, 4.69) is 24.1 Å². The number of hydrogen-bond acceptors (Lipinski definition) is 5. The number of anilines is 1. The van der Waals surface area contributed by atoms with Gasteiger partial charge in [0.25, 0.3) is 0 Å². The Labute approximate surface area is 125 Å². The summed E-state index contributed by atoms with van der Waals surface area (Å²) in [6.45, 7) is 9.15. The molecule has 0 spiro atoms. The van der Waals surface area contributed by atoms with E-state index in [-0.39, 0.29) is 18.1 Å². The molecule has 1 rings (SSSR count). The second kappa shape index (κ2) is 7.71. The third kappa shape index (κ3) is 4.54. The summed E-state index contributed by atoms with van der Waals surface area (Å²) in [4.78, 5) is 17.6. The zero-order chi connectivity index (χ0) is 15.2. The summed E-state index contributed by atoms with van der Waals surface area (Å²) in [5, 5.41) is 15.3. The first-order chi connectivity index (χ1) is 9.45. The lowest BCUT2D eigenvalue weighted by molar-refractivity contribution is -0.116. The van der Waals surface area contributed by atoms with E-state index in [9.17, 15) is 4.79 Å². The molecule has 1 atom stereocenters. The van der Waals surface area contributed by atoms with Gasteiger partial charge in [-0.3, -0.25) is 9.69 Å². The van der Waals surface area contributed by atoms with E-state index in [1.807, 2.05) is 12.3 Å². The largest absolute Gasteiger partial charge is 0.396 e. The van der Waals surface area contributed by atoms with Crippen molar-refractivity contribution in [2.24, 2.45) is 0 Å². The number of carbonyl (C=O) groups excluding carboxylic acids is 1. The lowest BCUT2D eigenvalue weighted by Crippen LogP contribution is -2.42. The number of nitrogens with zero attached hydrogens (tertiary/aromatic N) is 2. The number of aliphatic hydroxyl groups is 1. The molecule has 20 heavy (non-hydrogen) atoms. The zero-order valence-electron chi connectivity index (χ0n) is 12.8. The van der Waals surface area contributed by atoms with Gasteiger partial charge in [-0.25, -0.2) is 4.98 Å². The summed E-state index contributed by atoms with van der Waals surface area (Å²) < 4.78 is 0. The standard InChI is InChI=1S/C14H25N3O2S/c1-5-14(4,7-8-18)15-9-12-10-20-13(16-12)17(6-2)11(3)19/h10,15,18H,5-9H2,1-4H3. The first-order valence-electron chi connectivity index (χ1n) is 7.04. The molecule has 1 aromatic heterocycles. The molecular formula is C14H25N3O2S. The Balaban J connectivity index is 2.66. The predicted octanol–water partition coefficient (Wildman–Crippen LogP) is 2.16. The number of aliphatic hydroxyl groups excluding tert-OH is 1. The number of thiazole rings is 1. The van der Waals surface area contributed by atoms with Gasteiger partial charge in [-0.15, -0.1) is 11.3 Å². The van der Waals surface area contributed by atoms with Crippen LogP contribution in [0.4, 0.5) is 5.13 Å². The Morgan fingerprint density at radius 2 is 2.25 bits per heavy atom. The molecule has 0 aliphatic rings. The first kappa shape index (κ1) is 17.1. The lowest BCUT2D eigenvalue weighted by Gasteiger charge is -2.28. The molecular weight excluding hydrogens is 274 g/mol. The number of carbonyl (C=O) groups is 1. The summed E-state index contributed by atoms with van der Waals surface area (Å²) in [5.74, 6) is 0.0139. The normalized spacial score (nSPS) is 14.1. The molecule has 2 N–H and O–H groups in total. The number of nitrogens with one attached hydrogen (secondary N) is 1. The maximum Gasteiger partial charge on any atom is 0.225 e. The first-order valence-corrected chi connectivity index (χ1v) is 7.92. The Morgan fingerprint density at radius 3 is 2.75 bits per heavy atom. The summed E-state index contributed by atoms with van der Waals surface area (Å²) in [5.41, 5.74) is 0.853. The molecule has 1 amide bonds. The van der Waals surface area contributed by atoms with E-state index in [1.165, 1.54) is 11.3 Å². The molecule has 0 saturated carbocycles. The SMILES string of the molecule is CCN(C(C)=O)c1nc(CNC(C)(CC)CCO)cs1. The molecule has 114 valence electrons. The van der Waals surface area contributed by atoms with Gasteiger partial charge in [0.05, 0.1) is 5.69 Å². The van der Waals surface area contributed by atoms with Crippen LogP contribution in [0.2, 0.25) is 0 Å². The predicted molar refractivity (Wildman–Crippen MR) is 83.1 cm³/mol. The average molecular weight is 299 g/mol. The fraction of sp³-hybridized carbons (Fsp3) is 0.714. The minimum absolute atomic E-state index is 0.0139. The maximum absolute atomic E-state index is 11.5. The molecule has 0 fully saturated rings. The van der Waals surface area contributed by atoms with E-state index in [4.69, 9.17) is 5.11 Å². The number of aromatic nitrogens is 1. The summed E-state index contributed by atoms with van der Waals surface area (Å²) in [6, 6.07) is 0. The van der Waals surface area contributed by atoms with E-state index >= 15 is 0 Å². The van der Waals surface area contributed by atoms with Crippen LogP contribution in [0.15, 0.2) is 5.38 Å². The van der Waals surface area contributed by atoms with Crippen LogP contribution in [-0.4, -0.2) is 34.7 Å².